The van der Waals surface area contributed by atoms with E-state index in [1.807, 2.05) is 12.1 Å². The van der Waals surface area contributed by atoms with Gasteiger partial charge in [0, 0.05) is 16.9 Å². The third kappa shape index (κ3) is 4.38. The van der Waals surface area contributed by atoms with Gasteiger partial charge < -0.3 is 9.84 Å². The monoisotopic (exact) mass is 351 g/mol. The van der Waals surface area contributed by atoms with Gasteiger partial charge in [0.1, 0.15) is 0 Å². The number of halogens is 1. The van der Waals surface area contributed by atoms with Gasteiger partial charge in [0.15, 0.2) is 5.82 Å². The van der Waals surface area contributed by atoms with Gasteiger partial charge in [-0.1, -0.05) is 47.1 Å². The highest BCUT2D eigenvalue weighted by atomic mass is 79.9. The van der Waals surface area contributed by atoms with E-state index in [1.165, 1.54) is 5.56 Å². The Morgan fingerprint density at radius 1 is 1.33 bits per heavy atom. The second-order valence-electron chi connectivity index (χ2n) is 5.22. The molecule has 0 saturated carbocycles. The standard InChI is InChI=1S/C16H22BrN3O/c1-4-14(11(3)18-5-2)16-19-15(20-21-16)10-12-7-6-8-13(17)9-12/h6-9,11,14,18H,4-5,10H2,1-3H3. The maximum atomic E-state index is 5.47. The molecule has 1 aromatic carbocycles. The van der Waals surface area contributed by atoms with Crippen LogP contribution in [0.1, 0.15) is 50.4 Å². The zero-order valence-electron chi connectivity index (χ0n) is 12.8. The van der Waals surface area contributed by atoms with Crippen LogP contribution in [-0.2, 0) is 6.42 Å². The lowest BCUT2D eigenvalue weighted by Gasteiger charge is -2.19. The molecule has 0 aliphatic rings. The van der Waals surface area contributed by atoms with Crippen molar-refractivity contribution in [2.24, 2.45) is 0 Å². The molecule has 4 nitrogen and oxygen atoms in total. The average Bonchev–Trinajstić information content (AvgIpc) is 2.88. The van der Waals surface area contributed by atoms with Crippen LogP contribution in [0.4, 0.5) is 0 Å². The molecule has 1 heterocycles. The molecule has 2 aromatic rings. The van der Waals surface area contributed by atoms with Crippen LogP contribution in [0.2, 0.25) is 0 Å². The van der Waals surface area contributed by atoms with Gasteiger partial charge in [-0.3, -0.25) is 0 Å². The Labute approximate surface area is 134 Å². The zero-order chi connectivity index (χ0) is 15.2. The van der Waals surface area contributed by atoms with Crippen molar-refractivity contribution in [2.75, 3.05) is 6.54 Å². The molecular formula is C16H22BrN3O. The number of likely N-dealkylation sites (N-methyl/N-ethyl adjacent to an activating group) is 1. The largest absolute Gasteiger partial charge is 0.339 e. The molecule has 0 saturated heterocycles. The van der Waals surface area contributed by atoms with Gasteiger partial charge in [-0.05, 0) is 37.6 Å². The van der Waals surface area contributed by atoms with Gasteiger partial charge in [-0.2, -0.15) is 4.98 Å². The average molecular weight is 352 g/mol. The number of nitrogens with zero attached hydrogens (tertiary/aromatic N) is 2. The Hall–Kier alpha value is -1.20. The fraction of sp³-hybridized carbons (Fsp3) is 0.500. The quantitative estimate of drug-likeness (QED) is 0.821. The van der Waals surface area contributed by atoms with Crippen LogP contribution in [0.15, 0.2) is 33.3 Å². The molecule has 5 heteroatoms. The molecule has 2 rings (SSSR count). The van der Waals surface area contributed by atoms with Crippen molar-refractivity contribution in [3.63, 3.8) is 0 Å². The van der Waals surface area contributed by atoms with E-state index in [0.717, 1.165) is 29.2 Å². The topological polar surface area (TPSA) is 51.0 Å². The minimum Gasteiger partial charge on any atom is -0.339 e. The summed E-state index contributed by atoms with van der Waals surface area (Å²) in [7, 11) is 0. The lowest BCUT2D eigenvalue weighted by atomic mass is 9.98. The predicted octanol–water partition coefficient (Wildman–Crippen LogP) is 3.91. The SMILES string of the molecule is CCNC(C)C(CC)c1nc(Cc2cccc(Br)c2)no1. The lowest BCUT2D eigenvalue weighted by molar-refractivity contribution is 0.316. The molecule has 114 valence electrons. The normalized spacial score (nSPS) is 14.1. The second-order valence-corrected chi connectivity index (χ2v) is 6.13. The van der Waals surface area contributed by atoms with E-state index in [2.05, 4.69) is 64.3 Å². The van der Waals surface area contributed by atoms with Crippen LogP contribution < -0.4 is 5.32 Å². The van der Waals surface area contributed by atoms with Crippen molar-refractivity contribution in [1.82, 2.24) is 15.5 Å². The number of hydrogen-bond donors (Lipinski definition) is 1. The van der Waals surface area contributed by atoms with Crippen LogP contribution in [-0.4, -0.2) is 22.7 Å². The van der Waals surface area contributed by atoms with Crippen molar-refractivity contribution in [2.45, 2.75) is 45.6 Å². The van der Waals surface area contributed by atoms with E-state index in [9.17, 15) is 0 Å². The summed E-state index contributed by atoms with van der Waals surface area (Å²) in [6, 6.07) is 8.51. The molecule has 0 amide bonds. The molecule has 0 aliphatic carbocycles. The fourth-order valence-electron chi connectivity index (χ4n) is 2.53. The maximum Gasteiger partial charge on any atom is 0.231 e. The van der Waals surface area contributed by atoms with E-state index >= 15 is 0 Å². The number of rotatable bonds is 7. The number of nitrogens with one attached hydrogen (secondary N) is 1. The summed E-state index contributed by atoms with van der Waals surface area (Å²) in [5.74, 6) is 1.73. The number of aromatic nitrogens is 2. The van der Waals surface area contributed by atoms with Crippen molar-refractivity contribution in [3.05, 3.63) is 46.0 Å². The summed E-state index contributed by atoms with van der Waals surface area (Å²) in [5.41, 5.74) is 1.17. The summed E-state index contributed by atoms with van der Waals surface area (Å²) < 4.78 is 6.54. The van der Waals surface area contributed by atoms with Crippen LogP contribution in [0, 0.1) is 0 Å². The molecule has 1 aromatic heterocycles. The van der Waals surface area contributed by atoms with E-state index in [4.69, 9.17) is 4.52 Å². The molecule has 0 fully saturated rings. The van der Waals surface area contributed by atoms with E-state index in [0.29, 0.717) is 12.5 Å². The third-order valence-corrected chi connectivity index (χ3v) is 4.11. The Morgan fingerprint density at radius 3 is 2.81 bits per heavy atom. The van der Waals surface area contributed by atoms with E-state index < -0.39 is 0 Å². The molecule has 2 atom stereocenters. The highest BCUT2D eigenvalue weighted by molar-refractivity contribution is 9.10. The maximum absolute atomic E-state index is 5.47. The number of hydrogen-bond acceptors (Lipinski definition) is 4. The van der Waals surface area contributed by atoms with Crippen molar-refractivity contribution < 1.29 is 4.52 Å². The van der Waals surface area contributed by atoms with Gasteiger partial charge in [-0.25, -0.2) is 0 Å². The highest BCUT2D eigenvalue weighted by Crippen LogP contribution is 2.22. The van der Waals surface area contributed by atoms with Crippen LogP contribution >= 0.6 is 15.9 Å². The van der Waals surface area contributed by atoms with Gasteiger partial charge in [0.25, 0.3) is 0 Å². The minimum absolute atomic E-state index is 0.258. The summed E-state index contributed by atoms with van der Waals surface area (Å²) in [6.07, 6.45) is 1.67. The van der Waals surface area contributed by atoms with Crippen LogP contribution in [0.3, 0.4) is 0 Å². The van der Waals surface area contributed by atoms with Crippen molar-refractivity contribution >= 4 is 15.9 Å². The predicted molar refractivity (Wildman–Crippen MR) is 87.4 cm³/mol. The number of benzene rings is 1. The Morgan fingerprint density at radius 2 is 2.14 bits per heavy atom. The van der Waals surface area contributed by atoms with Gasteiger partial charge in [0.2, 0.25) is 5.89 Å². The zero-order valence-corrected chi connectivity index (χ0v) is 14.4. The molecular weight excluding hydrogens is 330 g/mol. The summed E-state index contributed by atoms with van der Waals surface area (Å²) in [4.78, 5) is 4.58. The fourth-order valence-corrected chi connectivity index (χ4v) is 2.97. The van der Waals surface area contributed by atoms with Gasteiger partial charge >= 0.3 is 0 Å². The van der Waals surface area contributed by atoms with E-state index in [1.54, 1.807) is 0 Å². The molecule has 0 aliphatic heterocycles. The second kappa shape index (κ2) is 7.71. The molecule has 0 bridgehead atoms. The van der Waals surface area contributed by atoms with Crippen LogP contribution in [0.25, 0.3) is 0 Å². The van der Waals surface area contributed by atoms with Crippen LogP contribution in [0.5, 0.6) is 0 Å². The van der Waals surface area contributed by atoms with Crippen molar-refractivity contribution in [3.8, 4) is 0 Å². The first-order valence-corrected chi connectivity index (χ1v) is 8.23. The third-order valence-electron chi connectivity index (χ3n) is 3.62. The molecule has 1 N–H and O–H groups in total. The smallest absolute Gasteiger partial charge is 0.231 e. The highest BCUT2D eigenvalue weighted by Gasteiger charge is 2.23. The lowest BCUT2D eigenvalue weighted by Crippen LogP contribution is -2.31. The Balaban J connectivity index is 2.09. The van der Waals surface area contributed by atoms with Crippen molar-refractivity contribution in [1.29, 1.82) is 0 Å². The van der Waals surface area contributed by atoms with E-state index in [-0.39, 0.29) is 5.92 Å². The first-order chi connectivity index (χ1) is 10.1. The molecule has 0 spiro atoms. The molecule has 21 heavy (non-hydrogen) atoms. The Bertz CT molecular complexity index is 570. The summed E-state index contributed by atoms with van der Waals surface area (Å²) >= 11 is 3.48. The summed E-state index contributed by atoms with van der Waals surface area (Å²) in [6.45, 7) is 7.36. The van der Waals surface area contributed by atoms with Gasteiger partial charge in [0.05, 0.1) is 5.92 Å². The molecule has 0 radical (unpaired) electrons. The summed E-state index contributed by atoms with van der Waals surface area (Å²) in [5, 5.41) is 7.55. The van der Waals surface area contributed by atoms with Gasteiger partial charge in [-0.15, -0.1) is 0 Å². The molecule has 2 unspecified atom stereocenters. The Kier molecular flexibility index (Phi) is 5.94. The first-order valence-electron chi connectivity index (χ1n) is 7.44. The first kappa shape index (κ1) is 16.2. The minimum atomic E-state index is 0.258.